The minimum Gasteiger partial charge on any atom is -0.462 e. The number of carbonyl (C=O) groups excluding carboxylic acids is 2. The number of esters is 1. The second-order valence-electron chi connectivity index (χ2n) is 5.40. The fraction of sp³-hybridized carbons (Fsp3) is 0.100. The van der Waals surface area contributed by atoms with Gasteiger partial charge in [0, 0.05) is 20.1 Å². The molecule has 0 unspecified atom stereocenters. The molecule has 0 saturated heterocycles. The number of halogens is 1. The van der Waals surface area contributed by atoms with E-state index in [1.165, 1.54) is 11.3 Å². The van der Waals surface area contributed by atoms with Gasteiger partial charge >= 0.3 is 5.97 Å². The summed E-state index contributed by atoms with van der Waals surface area (Å²) in [5, 5.41) is 5.22. The Labute approximate surface area is 169 Å². The average Bonchev–Trinajstić information content (AvgIpc) is 3.06. The number of hydrogen-bond acceptors (Lipinski definition) is 4. The predicted molar refractivity (Wildman–Crippen MR) is 113 cm³/mol. The molecule has 1 amide bonds. The zero-order valence-electron chi connectivity index (χ0n) is 14.0. The van der Waals surface area contributed by atoms with E-state index in [9.17, 15) is 9.59 Å². The molecule has 1 heterocycles. The van der Waals surface area contributed by atoms with Crippen LogP contribution in [0.25, 0.3) is 11.1 Å². The molecule has 4 nitrogen and oxygen atoms in total. The molecule has 0 saturated carbocycles. The van der Waals surface area contributed by atoms with Crippen molar-refractivity contribution in [2.75, 3.05) is 11.9 Å². The molecule has 0 aliphatic carbocycles. The number of carbonyl (C=O) groups is 2. The van der Waals surface area contributed by atoms with Crippen molar-refractivity contribution in [3.63, 3.8) is 0 Å². The third kappa shape index (κ3) is 4.13. The highest BCUT2D eigenvalue weighted by atomic mass is 127. The number of thiophene rings is 1. The highest BCUT2D eigenvalue weighted by molar-refractivity contribution is 14.1. The Balaban J connectivity index is 1.98. The molecule has 0 radical (unpaired) electrons. The van der Waals surface area contributed by atoms with Crippen LogP contribution in [0, 0.1) is 3.57 Å². The molecule has 0 atom stereocenters. The monoisotopic (exact) mass is 477 g/mol. The first-order valence-corrected chi connectivity index (χ1v) is 9.97. The predicted octanol–water partition coefficient (Wildman–Crippen LogP) is 5.45. The molecular formula is C20H16INO3S. The summed E-state index contributed by atoms with van der Waals surface area (Å²) in [7, 11) is 0. The summed E-state index contributed by atoms with van der Waals surface area (Å²) in [5.41, 5.74) is 2.59. The molecule has 132 valence electrons. The van der Waals surface area contributed by atoms with E-state index in [0.29, 0.717) is 16.1 Å². The van der Waals surface area contributed by atoms with E-state index >= 15 is 0 Å². The van der Waals surface area contributed by atoms with Crippen LogP contribution in [0.15, 0.2) is 60.0 Å². The Hall–Kier alpha value is -2.19. The number of benzene rings is 2. The first-order valence-electron chi connectivity index (χ1n) is 8.01. The van der Waals surface area contributed by atoms with Gasteiger partial charge in [-0.25, -0.2) is 4.79 Å². The van der Waals surface area contributed by atoms with Crippen LogP contribution >= 0.6 is 33.9 Å². The zero-order valence-corrected chi connectivity index (χ0v) is 17.0. The SMILES string of the molecule is CCOC(=O)c1c(-c2ccccc2)csc1NC(=O)c1cccc(I)c1. The molecule has 0 spiro atoms. The van der Waals surface area contributed by atoms with Gasteiger partial charge in [0.2, 0.25) is 0 Å². The Morgan fingerprint density at radius 1 is 1.12 bits per heavy atom. The van der Waals surface area contributed by atoms with Gasteiger partial charge in [0.15, 0.2) is 0 Å². The Kier molecular flexibility index (Phi) is 6.05. The van der Waals surface area contributed by atoms with Crippen molar-refractivity contribution in [3.8, 4) is 11.1 Å². The fourth-order valence-electron chi connectivity index (χ4n) is 2.49. The maximum Gasteiger partial charge on any atom is 0.341 e. The average molecular weight is 477 g/mol. The first kappa shape index (κ1) is 18.6. The van der Waals surface area contributed by atoms with Crippen LogP contribution in [0.2, 0.25) is 0 Å². The smallest absolute Gasteiger partial charge is 0.341 e. The summed E-state index contributed by atoms with van der Waals surface area (Å²) in [6, 6.07) is 16.9. The summed E-state index contributed by atoms with van der Waals surface area (Å²) >= 11 is 3.48. The van der Waals surface area contributed by atoms with Crippen LogP contribution in [-0.4, -0.2) is 18.5 Å². The first-order chi connectivity index (χ1) is 12.6. The van der Waals surface area contributed by atoms with E-state index in [4.69, 9.17) is 4.74 Å². The van der Waals surface area contributed by atoms with Gasteiger partial charge in [0.25, 0.3) is 5.91 Å². The molecule has 2 aromatic carbocycles. The molecule has 1 aromatic heterocycles. The lowest BCUT2D eigenvalue weighted by molar-refractivity contribution is 0.0529. The van der Waals surface area contributed by atoms with Crippen molar-refractivity contribution in [2.24, 2.45) is 0 Å². The summed E-state index contributed by atoms with van der Waals surface area (Å²) in [4.78, 5) is 25.1. The Morgan fingerprint density at radius 2 is 1.88 bits per heavy atom. The molecule has 0 bridgehead atoms. The van der Waals surface area contributed by atoms with E-state index in [1.54, 1.807) is 19.1 Å². The van der Waals surface area contributed by atoms with Crippen LogP contribution in [0.3, 0.4) is 0 Å². The second-order valence-corrected chi connectivity index (χ2v) is 7.53. The van der Waals surface area contributed by atoms with Gasteiger partial charge in [-0.15, -0.1) is 11.3 Å². The number of anilines is 1. The summed E-state index contributed by atoms with van der Waals surface area (Å²) < 4.78 is 6.18. The van der Waals surface area contributed by atoms with Gasteiger partial charge in [-0.1, -0.05) is 36.4 Å². The molecule has 0 aliphatic rings. The molecule has 0 aliphatic heterocycles. The molecule has 26 heavy (non-hydrogen) atoms. The van der Waals surface area contributed by atoms with Crippen LogP contribution in [-0.2, 0) is 4.74 Å². The number of amides is 1. The quantitative estimate of drug-likeness (QED) is 0.393. The number of ether oxygens (including phenoxy) is 1. The van der Waals surface area contributed by atoms with Crippen molar-refractivity contribution in [1.29, 1.82) is 0 Å². The maximum absolute atomic E-state index is 12.6. The molecule has 3 aromatic rings. The third-order valence-corrected chi connectivity index (χ3v) is 5.24. The Bertz CT molecular complexity index is 937. The molecule has 3 rings (SSSR count). The van der Waals surface area contributed by atoms with Gasteiger partial charge in [0.05, 0.1) is 6.61 Å². The van der Waals surface area contributed by atoms with Crippen molar-refractivity contribution in [3.05, 3.63) is 74.7 Å². The molecule has 1 N–H and O–H groups in total. The van der Waals surface area contributed by atoms with E-state index in [-0.39, 0.29) is 12.5 Å². The highest BCUT2D eigenvalue weighted by Crippen LogP contribution is 2.36. The standard InChI is InChI=1S/C20H16INO3S/c1-2-25-20(24)17-16(13-7-4-3-5-8-13)12-26-19(17)22-18(23)14-9-6-10-15(21)11-14/h3-12H,2H2,1H3,(H,22,23). The van der Waals surface area contributed by atoms with E-state index in [2.05, 4.69) is 27.9 Å². The van der Waals surface area contributed by atoms with Crippen molar-refractivity contribution < 1.29 is 14.3 Å². The summed E-state index contributed by atoms with van der Waals surface area (Å²) in [5.74, 6) is -0.693. The van der Waals surface area contributed by atoms with Crippen molar-refractivity contribution in [2.45, 2.75) is 6.92 Å². The lowest BCUT2D eigenvalue weighted by Gasteiger charge is -2.09. The number of rotatable bonds is 5. The second kappa shape index (κ2) is 8.46. The largest absolute Gasteiger partial charge is 0.462 e. The molecular weight excluding hydrogens is 461 g/mol. The van der Waals surface area contributed by atoms with Gasteiger partial charge in [0.1, 0.15) is 10.6 Å². The Morgan fingerprint density at radius 3 is 2.58 bits per heavy atom. The van der Waals surface area contributed by atoms with Crippen molar-refractivity contribution in [1.82, 2.24) is 0 Å². The fourth-order valence-corrected chi connectivity index (χ4v) is 3.99. The summed E-state index contributed by atoms with van der Waals surface area (Å²) in [6.07, 6.45) is 0. The summed E-state index contributed by atoms with van der Waals surface area (Å²) in [6.45, 7) is 2.03. The van der Waals surface area contributed by atoms with Crippen LogP contribution in [0.5, 0.6) is 0 Å². The maximum atomic E-state index is 12.6. The third-order valence-electron chi connectivity index (χ3n) is 3.67. The minimum atomic E-state index is -0.439. The zero-order chi connectivity index (χ0) is 18.5. The van der Waals surface area contributed by atoms with Crippen LogP contribution < -0.4 is 5.32 Å². The normalized spacial score (nSPS) is 10.4. The highest BCUT2D eigenvalue weighted by Gasteiger charge is 2.23. The lowest BCUT2D eigenvalue weighted by atomic mass is 10.0. The van der Waals surface area contributed by atoms with Crippen molar-refractivity contribution >= 4 is 50.8 Å². The number of nitrogens with one attached hydrogen (secondary N) is 1. The van der Waals surface area contributed by atoms with E-state index in [1.807, 2.05) is 47.8 Å². The van der Waals surface area contributed by atoms with Crippen LogP contribution in [0.1, 0.15) is 27.6 Å². The lowest BCUT2D eigenvalue weighted by Crippen LogP contribution is -2.15. The van der Waals surface area contributed by atoms with Gasteiger partial charge in [-0.3, -0.25) is 4.79 Å². The van der Waals surface area contributed by atoms with E-state index < -0.39 is 5.97 Å². The van der Waals surface area contributed by atoms with Gasteiger partial charge in [-0.2, -0.15) is 0 Å². The van der Waals surface area contributed by atoms with Gasteiger partial charge in [-0.05, 0) is 53.3 Å². The molecule has 0 fully saturated rings. The minimum absolute atomic E-state index is 0.254. The number of hydrogen-bond donors (Lipinski definition) is 1. The van der Waals surface area contributed by atoms with Gasteiger partial charge < -0.3 is 10.1 Å². The molecule has 6 heteroatoms. The van der Waals surface area contributed by atoms with Crippen LogP contribution in [0.4, 0.5) is 5.00 Å². The van der Waals surface area contributed by atoms with E-state index in [0.717, 1.165) is 14.7 Å². The topological polar surface area (TPSA) is 55.4 Å².